The SMILES string of the molecule is O=C(Nc1cnc(C2CC(F)(F)C2)c(F)c1)Nc1c[nH]c2ccc(Cl)cc12. The van der Waals surface area contributed by atoms with Crippen LogP contribution < -0.4 is 10.6 Å². The van der Waals surface area contributed by atoms with E-state index < -0.39 is 36.5 Å². The molecule has 3 aromatic rings. The van der Waals surface area contributed by atoms with E-state index >= 15 is 0 Å². The van der Waals surface area contributed by atoms with Crippen molar-refractivity contribution in [2.75, 3.05) is 10.6 Å². The number of amides is 2. The number of pyridine rings is 1. The highest BCUT2D eigenvalue weighted by atomic mass is 35.5. The Kier molecular flexibility index (Phi) is 4.22. The molecule has 1 saturated carbocycles. The number of urea groups is 1. The lowest BCUT2D eigenvalue weighted by atomic mass is 9.79. The lowest BCUT2D eigenvalue weighted by Crippen LogP contribution is -2.34. The van der Waals surface area contributed by atoms with Crippen LogP contribution in [0.4, 0.5) is 29.3 Å². The molecule has 2 heterocycles. The van der Waals surface area contributed by atoms with Crippen molar-refractivity contribution in [1.29, 1.82) is 0 Å². The van der Waals surface area contributed by atoms with Crippen LogP contribution in [0.2, 0.25) is 5.02 Å². The molecule has 2 aromatic heterocycles. The van der Waals surface area contributed by atoms with Crippen molar-refractivity contribution in [3.05, 3.63) is 53.2 Å². The van der Waals surface area contributed by atoms with Gasteiger partial charge in [-0.15, -0.1) is 0 Å². The minimum absolute atomic E-state index is 0.00171. The molecular weight excluding hydrogens is 381 g/mol. The number of carbonyl (C=O) groups is 1. The van der Waals surface area contributed by atoms with Gasteiger partial charge < -0.3 is 15.6 Å². The zero-order valence-electron chi connectivity index (χ0n) is 13.8. The molecule has 0 atom stereocenters. The summed E-state index contributed by atoms with van der Waals surface area (Å²) in [7, 11) is 0. The van der Waals surface area contributed by atoms with Crippen LogP contribution in [-0.2, 0) is 0 Å². The van der Waals surface area contributed by atoms with E-state index in [1.165, 1.54) is 6.20 Å². The number of benzene rings is 1. The molecule has 5 nitrogen and oxygen atoms in total. The van der Waals surface area contributed by atoms with Crippen LogP contribution in [0.25, 0.3) is 10.9 Å². The van der Waals surface area contributed by atoms with Gasteiger partial charge in [0.2, 0.25) is 5.92 Å². The molecule has 1 aliphatic carbocycles. The standard InChI is InChI=1S/C18H14ClF3N4O/c19-10-1-2-14-12(3-10)15(8-23-14)26-17(27)25-11-4-13(20)16(24-7-11)9-5-18(21,22)6-9/h1-4,7-9,23H,5-6H2,(H2,25,26,27). The first-order chi connectivity index (χ1) is 12.8. The lowest BCUT2D eigenvalue weighted by molar-refractivity contribution is -0.0882. The fourth-order valence-corrected chi connectivity index (χ4v) is 3.32. The van der Waals surface area contributed by atoms with E-state index in [1.807, 2.05) is 0 Å². The summed E-state index contributed by atoms with van der Waals surface area (Å²) in [6.07, 6.45) is 2.04. The number of rotatable bonds is 3. The maximum absolute atomic E-state index is 14.2. The van der Waals surface area contributed by atoms with E-state index in [1.54, 1.807) is 24.4 Å². The van der Waals surface area contributed by atoms with Crippen LogP contribution in [0.1, 0.15) is 24.5 Å². The molecule has 1 aromatic carbocycles. The smallest absolute Gasteiger partial charge is 0.323 e. The van der Waals surface area contributed by atoms with Crippen LogP contribution in [-0.4, -0.2) is 21.9 Å². The number of aromatic amines is 1. The number of H-pyrrole nitrogens is 1. The van der Waals surface area contributed by atoms with Crippen molar-refractivity contribution < 1.29 is 18.0 Å². The minimum atomic E-state index is -2.75. The number of halogens is 4. The topological polar surface area (TPSA) is 69.8 Å². The van der Waals surface area contributed by atoms with Crippen LogP contribution >= 0.6 is 11.6 Å². The molecule has 0 radical (unpaired) electrons. The normalized spacial score (nSPS) is 16.1. The van der Waals surface area contributed by atoms with Gasteiger partial charge in [0, 0.05) is 46.9 Å². The average Bonchev–Trinajstić information content (AvgIpc) is 2.95. The van der Waals surface area contributed by atoms with Crippen molar-refractivity contribution in [2.24, 2.45) is 0 Å². The van der Waals surface area contributed by atoms with Gasteiger partial charge in [-0.1, -0.05) is 11.6 Å². The molecule has 9 heteroatoms. The first-order valence-corrected chi connectivity index (χ1v) is 8.56. The Balaban J connectivity index is 1.45. The summed E-state index contributed by atoms with van der Waals surface area (Å²) < 4.78 is 40.0. The second-order valence-electron chi connectivity index (χ2n) is 6.52. The second-order valence-corrected chi connectivity index (χ2v) is 6.96. The summed E-state index contributed by atoms with van der Waals surface area (Å²) in [5.41, 5.74) is 1.42. The predicted octanol–water partition coefficient (Wildman–Crippen LogP) is 5.51. The molecule has 0 aliphatic heterocycles. The highest BCUT2D eigenvalue weighted by Crippen LogP contribution is 2.48. The first kappa shape index (κ1) is 17.7. The lowest BCUT2D eigenvalue weighted by Gasteiger charge is -2.34. The van der Waals surface area contributed by atoms with Crippen LogP contribution in [0.15, 0.2) is 36.7 Å². The number of alkyl halides is 2. The number of aromatic nitrogens is 2. The third kappa shape index (κ3) is 3.57. The number of nitrogens with one attached hydrogen (secondary N) is 3. The number of nitrogens with zero attached hydrogens (tertiary/aromatic N) is 1. The predicted molar refractivity (Wildman–Crippen MR) is 97.1 cm³/mol. The van der Waals surface area contributed by atoms with Gasteiger partial charge >= 0.3 is 6.03 Å². The monoisotopic (exact) mass is 394 g/mol. The summed E-state index contributed by atoms with van der Waals surface area (Å²) in [6, 6.07) is 5.68. The second kappa shape index (κ2) is 6.45. The molecular formula is C18H14ClF3N4O. The Morgan fingerprint density at radius 1 is 1.26 bits per heavy atom. The third-order valence-electron chi connectivity index (χ3n) is 4.50. The molecule has 27 heavy (non-hydrogen) atoms. The highest BCUT2D eigenvalue weighted by Gasteiger charge is 2.47. The van der Waals surface area contributed by atoms with E-state index in [9.17, 15) is 18.0 Å². The number of carbonyl (C=O) groups excluding carboxylic acids is 1. The molecule has 0 bridgehead atoms. The van der Waals surface area contributed by atoms with Crippen LogP contribution in [0.5, 0.6) is 0 Å². The molecule has 4 rings (SSSR count). The van der Waals surface area contributed by atoms with Crippen molar-refractivity contribution >= 4 is 39.9 Å². The van der Waals surface area contributed by atoms with E-state index in [-0.39, 0.29) is 11.4 Å². The van der Waals surface area contributed by atoms with Gasteiger partial charge in [0.15, 0.2) is 0 Å². The number of hydrogen-bond acceptors (Lipinski definition) is 2. The number of anilines is 2. The molecule has 0 saturated heterocycles. The van der Waals surface area contributed by atoms with Crippen molar-refractivity contribution in [3.8, 4) is 0 Å². The Bertz CT molecular complexity index is 1030. The number of hydrogen-bond donors (Lipinski definition) is 3. The number of fused-ring (bicyclic) bond motifs is 1. The minimum Gasteiger partial charge on any atom is -0.359 e. The average molecular weight is 395 g/mol. The maximum atomic E-state index is 14.2. The molecule has 0 spiro atoms. The molecule has 140 valence electrons. The summed E-state index contributed by atoms with van der Waals surface area (Å²) in [6.45, 7) is 0. The van der Waals surface area contributed by atoms with E-state index in [0.717, 1.165) is 17.0 Å². The molecule has 0 unspecified atom stereocenters. The van der Waals surface area contributed by atoms with Crippen LogP contribution in [0.3, 0.4) is 0 Å². The molecule has 3 N–H and O–H groups in total. The Morgan fingerprint density at radius 2 is 2.04 bits per heavy atom. The van der Waals surface area contributed by atoms with Crippen molar-refractivity contribution in [2.45, 2.75) is 24.7 Å². The Labute approximate surface area is 156 Å². The summed E-state index contributed by atoms with van der Waals surface area (Å²) in [4.78, 5) is 19.1. The molecule has 2 amide bonds. The van der Waals surface area contributed by atoms with E-state index in [0.29, 0.717) is 10.7 Å². The Hall–Kier alpha value is -2.74. The summed E-state index contributed by atoms with van der Waals surface area (Å²) >= 11 is 5.97. The van der Waals surface area contributed by atoms with Gasteiger partial charge in [-0.2, -0.15) is 0 Å². The van der Waals surface area contributed by atoms with E-state index in [4.69, 9.17) is 11.6 Å². The van der Waals surface area contributed by atoms with Gasteiger partial charge in [-0.25, -0.2) is 18.0 Å². The van der Waals surface area contributed by atoms with Crippen molar-refractivity contribution in [3.63, 3.8) is 0 Å². The third-order valence-corrected chi connectivity index (χ3v) is 4.73. The van der Waals surface area contributed by atoms with Gasteiger partial charge in [0.25, 0.3) is 0 Å². The fraction of sp³-hybridized carbons (Fsp3) is 0.222. The van der Waals surface area contributed by atoms with Gasteiger partial charge in [0.1, 0.15) is 5.82 Å². The fourth-order valence-electron chi connectivity index (χ4n) is 3.15. The Morgan fingerprint density at radius 3 is 2.74 bits per heavy atom. The van der Waals surface area contributed by atoms with Gasteiger partial charge in [-0.05, 0) is 18.2 Å². The van der Waals surface area contributed by atoms with E-state index in [2.05, 4.69) is 20.6 Å². The zero-order valence-corrected chi connectivity index (χ0v) is 14.6. The molecule has 1 aliphatic rings. The summed E-state index contributed by atoms with van der Waals surface area (Å²) in [5, 5.41) is 6.36. The highest BCUT2D eigenvalue weighted by molar-refractivity contribution is 6.31. The quantitative estimate of drug-likeness (QED) is 0.548. The zero-order chi connectivity index (χ0) is 19.2. The molecule has 1 fully saturated rings. The van der Waals surface area contributed by atoms with Gasteiger partial charge in [-0.3, -0.25) is 4.98 Å². The van der Waals surface area contributed by atoms with Gasteiger partial charge in [0.05, 0.1) is 23.3 Å². The first-order valence-electron chi connectivity index (χ1n) is 8.19. The van der Waals surface area contributed by atoms with Crippen molar-refractivity contribution in [1.82, 2.24) is 9.97 Å². The largest absolute Gasteiger partial charge is 0.359 e. The van der Waals surface area contributed by atoms with Crippen LogP contribution in [0, 0.1) is 5.82 Å². The summed E-state index contributed by atoms with van der Waals surface area (Å²) in [5.74, 6) is -4.07. The maximum Gasteiger partial charge on any atom is 0.323 e.